The van der Waals surface area contributed by atoms with Crippen LogP contribution in [0, 0.1) is 12.8 Å². The van der Waals surface area contributed by atoms with Gasteiger partial charge in [0.15, 0.2) is 0 Å². The van der Waals surface area contributed by atoms with Crippen molar-refractivity contribution < 1.29 is 0 Å². The molecule has 0 amide bonds. The standard InChI is InChI=1S/C13H20N2/c1-9-5-11(8-15-7-9)13-6-12(14)4-3-10(13)2/h5,7-8,10,12-13H,3-4,6,14H2,1-2H3. The van der Waals surface area contributed by atoms with E-state index in [0.29, 0.717) is 12.0 Å². The van der Waals surface area contributed by atoms with E-state index in [1.165, 1.54) is 24.0 Å². The fraction of sp³-hybridized carbons (Fsp3) is 0.615. The Morgan fingerprint density at radius 2 is 2.13 bits per heavy atom. The Labute approximate surface area is 91.9 Å². The van der Waals surface area contributed by atoms with Crippen molar-refractivity contribution in [1.29, 1.82) is 0 Å². The monoisotopic (exact) mass is 204 g/mol. The first-order valence-corrected chi connectivity index (χ1v) is 5.84. The summed E-state index contributed by atoms with van der Waals surface area (Å²) < 4.78 is 0. The smallest absolute Gasteiger partial charge is 0.0303 e. The summed E-state index contributed by atoms with van der Waals surface area (Å²) in [4.78, 5) is 4.28. The minimum absolute atomic E-state index is 0.381. The number of nitrogens with two attached hydrogens (primary N) is 1. The molecular weight excluding hydrogens is 184 g/mol. The van der Waals surface area contributed by atoms with Gasteiger partial charge in [0, 0.05) is 18.4 Å². The van der Waals surface area contributed by atoms with Crippen molar-refractivity contribution in [2.24, 2.45) is 11.7 Å². The number of pyridine rings is 1. The van der Waals surface area contributed by atoms with Gasteiger partial charge in [0.25, 0.3) is 0 Å². The Bertz CT molecular complexity index is 335. The maximum Gasteiger partial charge on any atom is 0.0303 e. The van der Waals surface area contributed by atoms with Gasteiger partial charge in [-0.2, -0.15) is 0 Å². The average Bonchev–Trinajstić information content (AvgIpc) is 2.22. The summed E-state index contributed by atoms with van der Waals surface area (Å²) in [6, 6.07) is 2.64. The predicted octanol–water partition coefficient (Wildman–Crippen LogP) is 2.62. The minimum atomic E-state index is 0.381. The summed E-state index contributed by atoms with van der Waals surface area (Å²) >= 11 is 0. The number of nitrogens with zero attached hydrogens (tertiary/aromatic N) is 1. The first-order chi connectivity index (χ1) is 7.16. The Morgan fingerprint density at radius 1 is 1.33 bits per heavy atom. The van der Waals surface area contributed by atoms with E-state index < -0.39 is 0 Å². The van der Waals surface area contributed by atoms with E-state index in [2.05, 4.69) is 24.9 Å². The zero-order valence-electron chi connectivity index (χ0n) is 9.61. The highest BCUT2D eigenvalue weighted by Gasteiger charge is 2.27. The molecule has 82 valence electrons. The Kier molecular flexibility index (Phi) is 3.06. The SMILES string of the molecule is Cc1cncc(C2CC(N)CCC2C)c1. The summed E-state index contributed by atoms with van der Waals surface area (Å²) in [5.41, 5.74) is 8.66. The molecule has 3 atom stereocenters. The van der Waals surface area contributed by atoms with Gasteiger partial charge in [0.1, 0.15) is 0 Å². The van der Waals surface area contributed by atoms with Crippen molar-refractivity contribution in [3.63, 3.8) is 0 Å². The Morgan fingerprint density at radius 3 is 2.87 bits per heavy atom. The van der Waals surface area contributed by atoms with Crippen LogP contribution in [-0.2, 0) is 0 Å². The van der Waals surface area contributed by atoms with Gasteiger partial charge >= 0.3 is 0 Å². The Balaban J connectivity index is 2.21. The maximum atomic E-state index is 6.04. The van der Waals surface area contributed by atoms with Gasteiger partial charge in [-0.25, -0.2) is 0 Å². The molecule has 0 aromatic carbocycles. The first-order valence-electron chi connectivity index (χ1n) is 5.84. The van der Waals surface area contributed by atoms with Crippen molar-refractivity contribution in [2.75, 3.05) is 0 Å². The minimum Gasteiger partial charge on any atom is -0.328 e. The normalized spacial score (nSPS) is 31.5. The number of aromatic nitrogens is 1. The molecule has 1 aliphatic rings. The lowest BCUT2D eigenvalue weighted by Crippen LogP contribution is -2.31. The lowest BCUT2D eigenvalue weighted by Gasteiger charge is -2.32. The number of rotatable bonds is 1. The molecule has 3 unspecified atom stereocenters. The van der Waals surface area contributed by atoms with Crippen LogP contribution < -0.4 is 5.73 Å². The zero-order valence-corrected chi connectivity index (χ0v) is 9.61. The van der Waals surface area contributed by atoms with E-state index in [1.54, 1.807) is 0 Å². The van der Waals surface area contributed by atoms with Crippen molar-refractivity contribution in [1.82, 2.24) is 4.98 Å². The van der Waals surface area contributed by atoms with Crippen LogP contribution in [0.25, 0.3) is 0 Å². The van der Waals surface area contributed by atoms with Crippen molar-refractivity contribution >= 4 is 0 Å². The highest BCUT2D eigenvalue weighted by Crippen LogP contribution is 2.36. The van der Waals surface area contributed by atoms with Crippen LogP contribution in [0.4, 0.5) is 0 Å². The van der Waals surface area contributed by atoms with Crippen molar-refractivity contribution in [3.8, 4) is 0 Å². The van der Waals surface area contributed by atoms with E-state index >= 15 is 0 Å². The van der Waals surface area contributed by atoms with Crippen LogP contribution in [0.15, 0.2) is 18.5 Å². The molecule has 0 aliphatic heterocycles. The molecule has 1 aliphatic carbocycles. The molecule has 1 fully saturated rings. The van der Waals surface area contributed by atoms with Crippen molar-refractivity contribution in [2.45, 2.75) is 45.1 Å². The lowest BCUT2D eigenvalue weighted by molar-refractivity contribution is 0.299. The van der Waals surface area contributed by atoms with Crippen LogP contribution in [0.2, 0.25) is 0 Å². The highest BCUT2D eigenvalue weighted by molar-refractivity contribution is 5.22. The number of aryl methyl sites for hydroxylation is 1. The van der Waals surface area contributed by atoms with E-state index in [-0.39, 0.29) is 0 Å². The third-order valence-corrected chi connectivity index (χ3v) is 3.56. The molecule has 1 aromatic rings. The van der Waals surface area contributed by atoms with Crippen LogP contribution in [0.3, 0.4) is 0 Å². The van der Waals surface area contributed by atoms with Gasteiger partial charge in [-0.3, -0.25) is 4.98 Å². The average molecular weight is 204 g/mol. The van der Waals surface area contributed by atoms with E-state index in [1.807, 2.05) is 12.4 Å². The summed E-state index contributed by atoms with van der Waals surface area (Å²) in [5.74, 6) is 1.36. The zero-order chi connectivity index (χ0) is 10.8. The summed E-state index contributed by atoms with van der Waals surface area (Å²) in [5, 5.41) is 0. The van der Waals surface area contributed by atoms with E-state index in [9.17, 15) is 0 Å². The summed E-state index contributed by atoms with van der Waals surface area (Å²) in [6.07, 6.45) is 7.46. The number of hydrogen-bond acceptors (Lipinski definition) is 2. The van der Waals surface area contributed by atoms with Gasteiger partial charge in [-0.05, 0) is 49.1 Å². The second kappa shape index (κ2) is 4.31. The summed E-state index contributed by atoms with van der Waals surface area (Å²) in [6.45, 7) is 4.43. The van der Waals surface area contributed by atoms with Crippen LogP contribution in [0.1, 0.15) is 43.2 Å². The third kappa shape index (κ3) is 2.37. The first kappa shape index (κ1) is 10.6. The molecule has 2 rings (SSSR count). The second-order valence-electron chi connectivity index (χ2n) is 4.95. The third-order valence-electron chi connectivity index (χ3n) is 3.56. The topological polar surface area (TPSA) is 38.9 Å². The molecule has 0 radical (unpaired) electrons. The second-order valence-corrected chi connectivity index (χ2v) is 4.95. The molecule has 1 aromatic heterocycles. The molecule has 1 saturated carbocycles. The summed E-state index contributed by atoms with van der Waals surface area (Å²) in [7, 11) is 0. The molecule has 0 bridgehead atoms. The van der Waals surface area contributed by atoms with E-state index in [4.69, 9.17) is 5.73 Å². The highest BCUT2D eigenvalue weighted by atomic mass is 14.7. The fourth-order valence-electron chi connectivity index (χ4n) is 2.60. The quantitative estimate of drug-likeness (QED) is 0.763. The van der Waals surface area contributed by atoms with Gasteiger partial charge in [0.05, 0.1) is 0 Å². The molecule has 1 heterocycles. The van der Waals surface area contributed by atoms with Gasteiger partial charge in [0.2, 0.25) is 0 Å². The molecule has 2 nitrogen and oxygen atoms in total. The lowest BCUT2D eigenvalue weighted by atomic mass is 9.75. The van der Waals surface area contributed by atoms with Gasteiger partial charge in [-0.1, -0.05) is 13.0 Å². The van der Waals surface area contributed by atoms with Crippen molar-refractivity contribution in [3.05, 3.63) is 29.6 Å². The largest absolute Gasteiger partial charge is 0.328 e. The van der Waals surface area contributed by atoms with Crippen LogP contribution in [-0.4, -0.2) is 11.0 Å². The molecule has 0 saturated heterocycles. The number of hydrogen-bond donors (Lipinski definition) is 1. The molecule has 2 N–H and O–H groups in total. The van der Waals surface area contributed by atoms with Crippen LogP contribution in [0.5, 0.6) is 0 Å². The van der Waals surface area contributed by atoms with Gasteiger partial charge in [-0.15, -0.1) is 0 Å². The Hall–Kier alpha value is -0.890. The fourth-order valence-corrected chi connectivity index (χ4v) is 2.60. The van der Waals surface area contributed by atoms with Crippen LogP contribution >= 0.6 is 0 Å². The van der Waals surface area contributed by atoms with E-state index in [0.717, 1.165) is 12.3 Å². The molecule has 15 heavy (non-hydrogen) atoms. The predicted molar refractivity (Wildman–Crippen MR) is 62.7 cm³/mol. The molecule has 0 spiro atoms. The van der Waals surface area contributed by atoms with Gasteiger partial charge < -0.3 is 5.73 Å². The maximum absolute atomic E-state index is 6.04. The molecular formula is C13H20N2. The molecule has 2 heteroatoms.